The number of benzene rings is 1. The lowest BCUT2D eigenvalue weighted by Gasteiger charge is -2.59. The zero-order valence-electron chi connectivity index (χ0n) is 29.6. The first-order valence-corrected chi connectivity index (χ1v) is 19.4. The number of fused-ring (bicyclic) bond motifs is 3. The standard InChI is InChI=1S/C38H54F5NO4S/c1-26(45)47-30-11-12-31-29(25-30)24-28(33-32(31)13-15-34(3)35(33)16-18-36(34,19-17-35)48-27(2)46)10-6-5-7-20-44(4)21-9-23-49-22-8-14-37(39,40)38(41,42)43/h11-12,25,28,32-33H,5-10,13-24H2,1-4H3/t28-,32-,33-,34+,35?,36?/m1/s1. The third-order valence-electron chi connectivity index (χ3n) is 12.8. The van der Waals surface area contributed by atoms with E-state index in [0.29, 0.717) is 29.3 Å². The molecule has 0 aliphatic heterocycles. The number of ether oxygens (including phenoxy) is 2. The average Bonchev–Trinajstić information content (AvgIpc) is 3.40. The van der Waals surface area contributed by atoms with Gasteiger partial charge in [-0.25, -0.2) is 0 Å². The van der Waals surface area contributed by atoms with Crippen LogP contribution in [0.5, 0.6) is 5.75 Å². The van der Waals surface area contributed by atoms with Gasteiger partial charge in [0.15, 0.2) is 0 Å². The van der Waals surface area contributed by atoms with E-state index in [9.17, 15) is 31.5 Å². The summed E-state index contributed by atoms with van der Waals surface area (Å²) in [5, 5.41) is 0. The van der Waals surface area contributed by atoms with E-state index < -0.39 is 18.5 Å². The van der Waals surface area contributed by atoms with Gasteiger partial charge in [-0.15, -0.1) is 0 Å². The second-order valence-corrected chi connectivity index (χ2v) is 16.8. The third kappa shape index (κ3) is 7.68. The van der Waals surface area contributed by atoms with Crippen molar-refractivity contribution in [1.82, 2.24) is 4.90 Å². The summed E-state index contributed by atoms with van der Waals surface area (Å²) in [5.41, 5.74) is 2.50. The van der Waals surface area contributed by atoms with E-state index in [2.05, 4.69) is 31.0 Å². The van der Waals surface area contributed by atoms with Crippen LogP contribution in [-0.2, 0) is 20.7 Å². The molecule has 1 aromatic rings. The summed E-state index contributed by atoms with van der Waals surface area (Å²) in [6.45, 7) is 7.23. The highest BCUT2D eigenvalue weighted by Crippen LogP contribution is 2.79. The predicted octanol–water partition coefficient (Wildman–Crippen LogP) is 9.75. The van der Waals surface area contributed by atoms with Crippen LogP contribution in [0.3, 0.4) is 0 Å². The minimum Gasteiger partial charge on any atom is -0.459 e. The Hall–Kier alpha value is -1.88. The summed E-state index contributed by atoms with van der Waals surface area (Å²) in [4.78, 5) is 26.3. The third-order valence-corrected chi connectivity index (χ3v) is 14.0. The van der Waals surface area contributed by atoms with E-state index >= 15 is 0 Å². The maximum atomic E-state index is 13.1. The molecule has 5 rings (SSSR count). The molecule has 4 aliphatic rings. The van der Waals surface area contributed by atoms with Crippen molar-refractivity contribution in [3.8, 4) is 5.75 Å². The van der Waals surface area contributed by atoms with Crippen molar-refractivity contribution in [2.45, 2.75) is 134 Å². The van der Waals surface area contributed by atoms with Gasteiger partial charge in [-0.1, -0.05) is 25.8 Å². The summed E-state index contributed by atoms with van der Waals surface area (Å²) in [7, 11) is 2.08. The van der Waals surface area contributed by atoms with Gasteiger partial charge in [0.25, 0.3) is 0 Å². The van der Waals surface area contributed by atoms with Crippen LogP contribution in [0.15, 0.2) is 18.2 Å². The Morgan fingerprint density at radius 3 is 2.29 bits per heavy atom. The molecule has 0 saturated heterocycles. The number of hydrogen-bond acceptors (Lipinski definition) is 6. The van der Waals surface area contributed by atoms with Gasteiger partial charge in [0.2, 0.25) is 0 Å². The zero-order chi connectivity index (χ0) is 35.7. The monoisotopic (exact) mass is 715 g/mol. The number of carbonyl (C=O) groups is 2. The Balaban J connectivity index is 1.14. The van der Waals surface area contributed by atoms with Gasteiger partial charge in [0.1, 0.15) is 11.4 Å². The van der Waals surface area contributed by atoms with Crippen molar-refractivity contribution in [1.29, 1.82) is 0 Å². The Morgan fingerprint density at radius 1 is 0.918 bits per heavy atom. The SMILES string of the molecule is CC(=O)Oc1ccc2c(c1)C[C@@H](CCCCCN(C)CCCSCCCC(F)(F)C(F)(F)F)[C@@H]1[C@@H]2CC[C@]2(C)C3(OC(C)=O)CCC12CC3. The summed E-state index contributed by atoms with van der Waals surface area (Å²) in [6, 6.07) is 6.23. The number of alkyl halides is 5. The number of hydrogen-bond donors (Lipinski definition) is 0. The molecule has 0 aromatic heterocycles. The molecule has 5 nitrogen and oxygen atoms in total. The molecule has 0 spiro atoms. The van der Waals surface area contributed by atoms with Crippen LogP contribution in [0.4, 0.5) is 22.0 Å². The van der Waals surface area contributed by atoms with Crippen LogP contribution in [-0.4, -0.2) is 66.2 Å². The Kier molecular flexibility index (Phi) is 11.7. The summed E-state index contributed by atoms with van der Waals surface area (Å²) in [6.07, 6.45) is 5.76. The Bertz CT molecular complexity index is 1330. The van der Waals surface area contributed by atoms with Crippen LogP contribution in [0.25, 0.3) is 0 Å². The Labute approximate surface area is 292 Å². The van der Waals surface area contributed by atoms with Crippen molar-refractivity contribution in [2.75, 3.05) is 31.6 Å². The van der Waals surface area contributed by atoms with Gasteiger partial charge in [-0.3, -0.25) is 9.59 Å². The van der Waals surface area contributed by atoms with Crippen molar-refractivity contribution in [3.63, 3.8) is 0 Å². The largest absolute Gasteiger partial charge is 0.459 e. The fourth-order valence-electron chi connectivity index (χ4n) is 10.7. The fourth-order valence-corrected chi connectivity index (χ4v) is 11.5. The van der Waals surface area contributed by atoms with Gasteiger partial charge in [0, 0.05) is 25.7 Å². The molecule has 3 fully saturated rings. The molecule has 49 heavy (non-hydrogen) atoms. The lowest BCUT2D eigenvalue weighted by Crippen LogP contribution is -2.55. The number of nitrogens with zero attached hydrogens (tertiary/aromatic N) is 1. The first kappa shape index (κ1) is 38.4. The maximum Gasteiger partial charge on any atom is 0.453 e. The molecule has 0 N–H and O–H groups in total. The molecule has 276 valence electrons. The molecular formula is C38H54F5NO4S. The summed E-state index contributed by atoms with van der Waals surface area (Å²) in [5.74, 6) is -1.95. The molecule has 0 heterocycles. The van der Waals surface area contributed by atoms with Crippen molar-refractivity contribution in [2.24, 2.45) is 22.7 Å². The molecule has 11 heteroatoms. The lowest BCUT2D eigenvalue weighted by molar-refractivity contribution is -0.284. The number of esters is 2. The minimum atomic E-state index is -5.47. The predicted molar refractivity (Wildman–Crippen MR) is 182 cm³/mol. The number of halogens is 5. The highest BCUT2D eigenvalue weighted by molar-refractivity contribution is 7.99. The minimum absolute atomic E-state index is 0.0184. The lowest BCUT2D eigenvalue weighted by atomic mass is 9.45. The molecule has 1 aromatic carbocycles. The van der Waals surface area contributed by atoms with Gasteiger partial charge < -0.3 is 14.4 Å². The normalized spacial score (nSPS) is 30.5. The van der Waals surface area contributed by atoms with Gasteiger partial charge in [-0.2, -0.15) is 33.7 Å². The van der Waals surface area contributed by atoms with Gasteiger partial charge in [-0.05, 0) is 149 Å². The molecule has 0 amide bonds. The van der Waals surface area contributed by atoms with E-state index in [0.717, 1.165) is 95.9 Å². The second-order valence-electron chi connectivity index (χ2n) is 15.6. The van der Waals surface area contributed by atoms with E-state index in [4.69, 9.17) is 9.47 Å². The highest BCUT2D eigenvalue weighted by Gasteiger charge is 2.76. The molecule has 2 bridgehead atoms. The van der Waals surface area contributed by atoms with Crippen LogP contribution < -0.4 is 4.74 Å². The molecule has 3 saturated carbocycles. The van der Waals surface area contributed by atoms with E-state index in [1.165, 1.54) is 29.8 Å². The van der Waals surface area contributed by atoms with Gasteiger partial charge >= 0.3 is 24.0 Å². The fraction of sp³-hybridized carbons (Fsp3) is 0.789. The van der Waals surface area contributed by atoms with Crippen molar-refractivity contribution in [3.05, 3.63) is 29.3 Å². The van der Waals surface area contributed by atoms with Crippen LogP contribution in [0, 0.1) is 22.7 Å². The average molecular weight is 716 g/mol. The van der Waals surface area contributed by atoms with E-state index in [1.807, 2.05) is 6.07 Å². The van der Waals surface area contributed by atoms with E-state index in [1.54, 1.807) is 6.92 Å². The summed E-state index contributed by atoms with van der Waals surface area (Å²) < 4.78 is 74.8. The molecule has 0 radical (unpaired) electrons. The molecule has 0 unspecified atom stereocenters. The zero-order valence-corrected chi connectivity index (χ0v) is 30.4. The topological polar surface area (TPSA) is 55.8 Å². The smallest absolute Gasteiger partial charge is 0.453 e. The highest BCUT2D eigenvalue weighted by atomic mass is 32.2. The van der Waals surface area contributed by atoms with Crippen molar-refractivity contribution < 1.29 is 41.0 Å². The van der Waals surface area contributed by atoms with Crippen LogP contribution in [0.2, 0.25) is 0 Å². The van der Waals surface area contributed by atoms with Crippen LogP contribution >= 0.6 is 11.8 Å². The molecule has 4 aliphatic carbocycles. The number of thioether (sulfide) groups is 1. The quantitative estimate of drug-likeness (QED) is 0.0736. The van der Waals surface area contributed by atoms with Gasteiger partial charge in [0.05, 0.1) is 0 Å². The Morgan fingerprint density at radius 2 is 1.61 bits per heavy atom. The number of unbranched alkanes of at least 4 members (excludes halogenated alkanes) is 2. The summed E-state index contributed by atoms with van der Waals surface area (Å²) >= 11 is 1.44. The van der Waals surface area contributed by atoms with Crippen molar-refractivity contribution >= 4 is 23.7 Å². The van der Waals surface area contributed by atoms with E-state index in [-0.39, 0.29) is 34.8 Å². The molecule has 4 atom stereocenters. The first-order chi connectivity index (χ1) is 23.0. The first-order valence-electron chi connectivity index (χ1n) is 18.3. The number of carbonyl (C=O) groups excluding carboxylic acids is 2. The second kappa shape index (κ2) is 15.0. The maximum absolute atomic E-state index is 13.1. The van der Waals surface area contributed by atoms with Crippen LogP contribution in [0.1, 0.15) is 121 Å². The molecular weight excluding hydrogens is 661 g/mol. The number of rotatable bonds is 16.